The van der Waals surface area contributed by atoms with Crippen LogP contribution in [0.3, 0.4) is 0 Å². The van der Waals surface area contributed by atoms with E-state index in [0.29, 0.717) is 6.42 Å². The molecule has 24 heavy (non-hydrogen) atoms. The molecule has 1 fully saturated rings. The molecule has 1 heterocycles. The maximum Gasteiger partial charge on any atom is 0.461 e. The van der Waals surface area contributed by atoms with E-state index in [0.717, 1.165) is 31.7 Å². The average molecular weight is 369 g/mol. The van der Waals surface area contributed by atoms with Gasteiger partial charge in [0.25, 0.3) is 0 Å². The lowest BCUT2D eigenvalue weighted by Gasteiger charge is -2.34. The lowest BCUT2D eigenvalue weighted by atomic mass is 10.0. The summed E-state index contributed by atoms with van der Waals surface area (Å²) < 4.78 is 54.2. The van der Waals surface area contributed by atoms with Crippen molar-refractivity contribution in [2.45, 2.75) is 25.0 Å². The van der Waals surface area contributed by atoms with Crippen molar-refractivity contribution < 1.29 is 22.3 Å². The summed E-state index contributed by atoms with van der Waals surface area (Å²) in [5.74, 6) is -0.281. The summed E-state index contributed by atoms with van der Waals surface area (Å²) in [7, 11) is 0. The maximum absolute atomic E-state index is 12.9. The maximum atomic E-state index is 12.9. The molecule has 1 atom stereocenters. The summed E-state index contributed by atoms with van der Waals surface area (Å²) >= 11 is 0. The van der Waals surface area contributed by atoms with Gasteiger partial charge in [-0.05, 0) is 24.1 Å². The number of alkyl halides is 4. The van der Waals surface area contributed by atoms with Crippen LogP contribution in [0.2, 0.25) is 0 Å². The molecule has 0 aliphatic carbocycles. The summed E-state index contributed by atoms with van der Waals surface area (Å²) in [6.07, 6.45) is -5.83. The summed E-state index contributed by atoms with van der Waals surface area (Å²) in [5.41, 5.74) is 0.916. The molecule has 1 saturated heterocycles. The molecule has 136 valence electrons. The molecule has 0 spiro atoms. The van der Waals surface area contributed by atoms with E-state index in [1.54, 1.807) is 12.1 Å². The monoisotopic (exact) mass is 368 g/mol. The number of piperazine rings is 1. The topological polar surface area (TPSA) is 24.5 Å². The van der Waals surface area contributed by atoms with Gasteiger partial charge >= 0.3 is 12.5 Å². The highest BCUT2D eigenvalue weighted by atomic mass is 35.5. The third-order valence-corrected chi connectivity index (χ3v) is 3.76. The fourth-order valence-electron chi connectivity index (χ4n) is 2.61. The van der Waals surface area contributed by atoms with Crippen molar-refractivity contribution in [1.29, 1.82) is 0 Å². The van der Waals surface area contributed by atoms with Gasteiger partial charge in [0.05, 0.1) is 0 Å². The van der Waals surface area contributed by atoms with Gasteiger partial charge in [-0.1, -0.05) is 18.2 Å². The Labute approximate surface area is 145 Å². The van der Waals surface area contributed by atoms with E-state index in [1.807, 2.05) is 6.08 Å². The molecule has 0 bridgehead atoms. The number of rotatable bonds is 7. The van der Waals surface area contributed by atoms with Crippen LogP contribution in [0, 0.1) is 0 Å². The normalized spacial score (nSPS) is 17.2. The summed E-state index contributed by atoms with van der Waals surface area (Å²) in [6, 6.07) is 5.94. The van der Waals surface area contributed by atoms with Crippen molar-refractivity contribution in [2.24, 2.45) is 0 Å². The van der Waals surface area contributed by atoms with Crippen LogP contribution in [-0.4, -0.2) is 43.6 Å². The summed E-state index contributed by atoms with van der Waals surface area (Å²) in [6.45, 7) is 7.28. The summed E-state index contributed by atoms with van der Waals surface area (Å²) in [5, 5.41) is 3.27. The molecule has 0 radical (unpaired) electrons. The zero-order valence-electron chi connectivity index (χ0n) is 13.1. The quantitative estimate of drug-likeness (QED) is 0.584. The molecule has 0 amide bonds. The number of nitrogens with one attached hydrogen (secondary N) is 1. The summed E-state index contributed by atoms with van der Waals surface area (Å²) in [4.78, 5) is 2.28. The Bertz CT molecular complexity index is 507. The number of halogens is 5. The number of nitrogens with zero attached hydrogens (tertiary/aromatic N) is 1. The smallest absolute Gasteiger partial charge is 0.428 e. The van der Waals surface area contributed by atoms with E-state index in [4.69, 9.17) is 0 Å². The highest BCUT2D eigenvalue weighted by molar-refractivity contribution is 5.85. The molecule has 8 heteroatoms. The Hall–Kier alpha value is -1.31. The minimum absolute atomic E-state index is 0. The lowest BCUT2D eigenvalue weighted by molar-refractivity contribution is -0.253. The van der Waals surface area contributed by atoms with Gasteiger partial charge in [-0.25, -0.2) is 0 Å². The van der Waals surface area contributed by atoms with E-state index >= 15 is 0 Å². The molecule has 1 aliphatic rings. The van der Waals surface area contributed by atoms with Crippen molar-refractivity contribution in [1.82, 2.24) is 10.2 Å². The predicted molar refractivity (Wildman–Crippen MR) is 87.3 cm³/mol. The second kappa shape index (κ2) is 9.25. The molecule has 2 rings (SSSR count). The van der Waals surface area contributed by atoms with E-state index in [9.17, 15) is 17.6 Å². The third-order valence-electron chi connectivity index (χ3n) is 3.76. The van der Waals surface area contributed by atoms with E-state index in [-0.39, 0.29) is 24.2 Å². The first-order chi connectivity index (χ1) is 10.9. The minimum Gasteiger partial charge on any atom is -0.428 e. The molecular formula is C16H21ClF4N2O. The van der Waals surface area contributed by atoms with Crippen LogP contribution in [0.1, 0.15) is 18.0 Å². The first-order valence-electron chi connectivity index (χ1n) is 7.44. The van der Waals surface area contributed by atoms with E-state index in [1.165, 1.54) is 12.1 Å². The second-order valence-corrected chi connectivity index (χ2v) is 5.36. The number of benzene rings is 1. The third kappa shape index (κ3) is 5.36. The first-order valence-corrected chi connectivity index (χ1v) is 7.44. The molecule has 1 aromatic carbocycles. The van der Waals surface area contributed by atoms with Gasteiger partial charge < -0.3 is 10.1 Å². The van der Waals surface area contributed by atoms with Crippen LogP contribution >= 0.6 is 12.4 Å². The SMILES string of the molecule is C=CC[C@@H](c1ccc(OC(F)(F)C(F)F)cc1)N1CCNCC1.Cl. The fraction of sp³-hybridized carbons (Fsp3) is 0.500. The zero-order chi connectivity index (χ0) is 16.9. The standard InChI is InChI=1S/C16H20F4N2O.ClH/c1-2-3-14(22-10-8-21-9-11-22)12-4-6-13(7-5-12)23-16(19,20)15(17)18;/h2,4-7,14-15,21H,1,3,8-11H2;1H/t14-;/m0./s1. The number of ether oxygens (including phenoxy) is 1. The Morgan fingerprint density at radius 3 is 2.29 bits per heavy atom. The van der Waals surface area contributed by atoms with Gasteiger partial charge in [-0.2, -0.15) is 17.6 Å². The van der Waals surface area contributed by atoms with E-state index in [2.05, 4.69) is 21.5 Å². The van der Waals surface area contributed by atoms with Crippen LogP contribution in [0.15, 0.2) is 36.9 Å². The average Bonchev–Trinajstić information content (AvgIpc) is 2.54. The Morgan fingerprint density at radius 2 is 1.79 bits per heavy atom. The molecule has 3 nitrogen and oxygen atoms in total. The van der Waals surface area contributed by atoms with Gasteiger partial charge in [-0.15, -0.1) is 19.0 Å². The van der Waals surface area contributed by atoms with Crippen LogP contribution < -0.4 is 10.1 Å². The molecule has 1 aromatic rings. The van der Waals surface area contributed by atoms with Crippen molar-refractivity contribution in [2.75, 3.05) is 26.2 Å². The molecule has 0 unspecified atom stereocenters. The molecular weight excluding hydrogens is 348 g/mol. The van der Waals surface area contributed by atoms with Gasteiger partial charge in [-0.3, -0.25) is 4.90 Å². The minimum atomic E-state index is -4.49. The zero-order valence-corrected chi connectivity index (χ0v) is 13.9. The molecule has 0 saturated carbocycles. The Morgan fingerprint density at radius 1 is 1.21 bits per heavy atom. The molecule has 1 aliphatic heterocycles. The van der Waals surface area contributed by atoms with Crippen LogP contribution in [0.5, 0.6) is 5.75 Å². The predicted octanol–water partition coefficient (Wildman–Crippen LogP) is 3.87. The van der Waals surface area contributed by atoms with Gasteiger partial charge in [0.15, 0.2) is 0 Å². The highest BCUT2D eigenvalue weighted by Gasteiger charge is 2.43. The molecule has 1 N–H and O–H groups in total. The van der Waals surface area contributed by atoms with Crippen molar-refractivity contribution in [3.63, 3.8) is 0 Å². The Balaban J connectivity index is 0.00000288. The van der Waals surface area contributed by atoms with Crippen LogP contribution in [0.4, 0.5) is 17.6 Å². The van der Waals surface area contributed by atoms with Crippen molar-refractivity contribution in [3.8, 4) is 5.75 Å². The van der Waals surface area contributed by atoms with E-state index < -0.39 is 12.5 Å². The van der Waals surface area contributed by atoms with Crippen molar-refractivity contribution >= 4 is 12.4 Å². The number of hydrogen-bond acceptors (Lipinski definition) is 3. The second-order valence-electron chi connectivity index (χ2n) is 5.36. The van der Waals surface area contributed by atoms with Crippen LogP contribution in [-0.2, 0) is 0 Å². The Kier molecular flexibility index (Phi) is 7.99. The van der Waals surface area contributed by atoms with Gasteiger partial charge in [0, 0.05) is 32.2 Å². The highest BCUT2D eigenvalue weighted by Crippen LogP contribution is 2.30. The fourth-order valence-corrected chi connectivity index (χ4v) is 2.61. The largest absolute Gasteiger partial charge is 0.461 e. The van der Waals surface area contributed by atoms with Gasteiger partial charge in [0.2, 0.25) is 0 Å². The van der Waals surface area contributed by atoms with Gasteiger partial charge in [0.1, 0.15) is 5.75 Å². The molecule has 0 aromatic heterocycles. The first kappa shape index (κ1) is 20.7. The van der Waals surface area contributed by atoms with Crippen LogP contribution in [0.25, 0.3) is 0 Å². The lowest BCUT2D eigenvalue weighted by Crippen LogP contribution is -2.45. The van der Waals surface area contributed by atoms with Crippen molar-refractivity contribution in [3.05, 3.63) is 42.5 Å². The number of hydrogen-bond donors (Lipinski definition) is 1.